The molecule has 0 radical (unpaired) electrons. The summed E-state index contributed by atoms with van der Waals surface area (Å²) in [5.41, 5.74) is 0. The largest absolute Gasteiger partial charge is 0.279 e. The van der Waals surface area contributed by atoms with E-state index in [1.54, 1.807) is 0 Å². The summed E-state index contributed by atoms with van der Waals surface area (Å²) in [6.07, 6.45) is 2.50. The molecule has 1 rings (SSSR count). The molecule has 0 saturated carbocycles. The average molecular weight is 127 g/mol. The van der Waals surface area contributed by atoms with Crippen molar-refractivity contribution in [3.05, 3.63) is 12.2 Å². The van der Waals surface area contributed by atoms with Gasteiger partial charge < -0.3 is 0 Å². The van der Waals surface area contributed by atoms with Crippen LogP contribution in [0.2, 0.25) is 0 Å². The van der Waals surface area contributed by atoms with E-state index in [1.165, 1.54) is 19.2 Å². The summed E-state index contributed by atoms with van der Waals surface area (Å²) < 4.78 is 0. The minimum Gasteiger partial charge on any atom is -0.279 e. The average Bonchev–Trinajstić information content (AvgIpc) is 1.98. The first kappa shape index (κ1) is 7.88. The van der Waals surface area contributed by atoms with E-state index in [4.69, 9.17) is 0 Å². The van der Waals surface area contributed by atoms with Crippen molar-refractivity contribution in [2.24, 2.45) is 0 Å². The van der Waals surface area contributed by atoms with Gasteiger partial charge in [-0.3, -0.25) is 14.5 Å². The van der Waals surface area contributed by atoms with Crippen molar-refractivity contribution in [2.45, 2.75) is 7.43 Å². The summed E-state index contributed by atoms with van der Waals surface area (Å²) in [5, 5.41) is 0. The number of hydrogen-bond donors (Lipinski definition) is 0. The van der Waals surface area contributed by atoms with Gasteiger partial charge in [0, 0.05) is 19.2 Å². The highest BCUT2D eigenvalue weighted by Gasteiger charge is 2.17. The SMILES string of the molecule is C.CN1C(=O)C=CC1=O. The van der Waals surface area contributed by atoms with Crippen molar-refractivity contribution in [3.63, 3.8) is 0 Å². The summed E-state index contributed by atoms with van der Waals surface area (Å²) in [4.78, 5) is 21.9. The topological polar surface area (TPSA) is 37.4 Å². The molecule has 2 amide bonds. The van der Waals surface area contributed by atoms with Crippen LogP contribution in [0, 0.1) is 0 Å². The summed E-state index contributed by atoms with van der Waals surface area (Å²) in [6, 6.07) is 0. The summed E-state index contributed by atoms with van der Waals surface area (Å²) >= 11 is 0. The Balaban J connectivity index is 0.000000640. The Labute approximate surface area is 54.0 Å². The predicted octanol–water partition coefficient (Wildman–Crippen LogP) is 0.177. The lowest BCUT2D eigenvalue weighted by atomic mass is 10.6. The lowest BCUT2D eigenvalue weighted by Gasteiger charge is -2.01. The van der Waals surface area contributed by atoms with Gasteiger partial charge >= 0.3 is 0 Å². The monoisotopic (exact) mass is 127 g/mol. The molecule has 0 aromatic rings. The molecule has 1 aliphatic rings. The van der Waals surface area contributed by atoms with Gasteiger partial charge in [-0.2, -0.15) is 0 Å². The molecule has 1 heterocycles. The van der Waals surface area contributed by atoms with E-state index in [0.29, 0.717) is 0 Å². The first-order valence-electron chi connectivity index (χ1n) is 2.21. The molecule has 0 N–H and O–H groups in total. The number of rotatable bonds is 0. The van der Waals surface area contributed by atoms with E-state index in [0.717, 1.165) is 4.90 Å². The molecule has 3 heteroatoms. The Morgan fingerprint density at radius 1 is 1.22 bits per heavy atom. The fraction of sp³-hybridized carbons (Fsp3) is 0.333. The Kier molecular flexibility index (Phi) is 2.13. The van der Waals surface area contributed by atoms with Crippen LogP contribution in [0.4, 0.5) is 0 Å². The summed E-state index contributed by atoms with van der Waals surface area (Å²) in [5.74, 6) is -0.481. The molecule has 0 fully saturated rings. The maximum atomic E-state index is 10.4. The molecule has 0 bridgehead atoms. The Morgan fingerprint density at radius 2 is 1.56 bits per heavy atom. The summed E-state index contributed by atoms with van der Waals surface area (Å²) in [6.45, 7) is 0. The molecule has 0 unspecified atom stereocenters. The number of carbonyl (C=O) groups is 2. The molecule has 0 aromatic carbocycles. The van der Waals surface area contributed by atoms with Crippen molar-refractivity contribution >= 4 is 11.8 Å². The normalized spacial score (nSPS) is 16.3. The molecule has 3 nitrogen and oxygen atoms in total. The fourth-order valence-corrected chi connectivity index (χ4v) is 0.475. The van der Waals surface area contributed by atoms with E-state index in [9.17, 15) is 9.59 Å². The van der Waals surface area contributed by atoms with Gasteiger partial charge in [-0.25, -0.2) is 0 Å². The van der Waals surface area contributed by atoms with Gasteiger partial charge in [-0.15, -0.1) is 0 Å². The Bertz CT molecular complexity index is 154. The molecular formula is C6H9NO2. The van der Waals surface area contributed by atoms with Gasteiger partial charge in [0.15, 0.2) is 0 Å². The van der Waals surface area contributed by atoms with Crippen LogP contribution in [-0.2, 0) is 9.59 Å². The fourth-order valence-electron chi connectivity index (χ4n) is 0.475. The lowest BCUT2D eigenvalue weighted by Crippen LogP contribution is -2.24. The van der Waals surface area contributed by atoms with Gasteiger partial charge in [0.25, 0.3) is 11.8 Å². The minimum absolute atomic E-state index is 0. The number of likely N-dealkylation sites (N-methyl/N-ethyl adjacent to an activating group) is 1. The van der Waals surface area contributed by atoms with E-state index in [-0.39, 0.29) is 19.2 Å². The maximum absolute atomic E-state index is 10.4. The number of imide groups is 1. The molecule has 0 saturated heterocycles. The minimum atomic E-state index is -0.241. The van der Waals surface area contributed by atoms with Gasteiger partial charge in [-0.05, 0) is 0 Å². The predicted molar refractivity (Wildman–Crippen MR) is 33.6 cm³/mol. The molecule has 0 aliphatic carbocycles. The van der Waals surface area contributed by atoms with Crippen LogP contribution in [0.25, 0.3) is 0 Å². The van der Waals surface area contributed by atoms with Crippen LogP contribution < -0.4 is 0 Å². The number of hydrogen-bond acceptors (Lipinski definition) is 2. The molecule has 50 valence electrons. The summed E-state index contributed by atoms with van der Waals surface area (Å²) in [7, 11) is 1.45. The Hall–Kier alpha value is -1.12. The standard InChI is InChI=1S/C5H5NO2.CH4/c1-6-4(7)2-3-5(6)8;/h2-3H,1H3;1H4. The van der Waals surface area contributed by atoms with Crippen LogP contribution in [0.5, 0.6) is 0 Å². The molecule has 0 atom stereocenters. The van der Waals surface area contributed by atoms with Crippen molar-refractivity contribution in [1.29, 1.82) is 0 Å². The van der Waals surface area contributed by atoms with Crippen molar-refractivity contribution in [2.75, 3.05) is 7.05 Å². The second-order valence-electron chi connectivity index (χ2n) is 1.57. The highest BCUT2D eigenvalue weighted by atomic mass is 16.2. The van der Waals surface area contributed by atoms with Gasteiger partial charge in [0.05, 0.1) is 0 Å². The Morgan fingerprint density at radius 3 is 1.67 bits per heavy atom. The van der Waals surface area contributed by atoms with E-state index < -0.39 is 0 Å². The van der Waals surface area contributed by atoms with E-state index >= 15 is 0 Å². The van der Waals surface area contributed by atoms with Crippen LogP contribution in [-0.4, -0.2) is 23.8 Å². The van der Waals surface area contributed by atoms with Crippen LogP contribution >= 0.6 is 0 Å². The van der Waals surface area contributed by atoms with E-state index in [1.807, 2.05) is 0 Å². The lowest BCUT2D eigenvalue weighted by molar-refractivity contribution is -0.135. The van der Waals surface area contributed by atoms with Gasteiger partial charge in [0.1, 0.15) is 0 Å². The third-order valence-corrected chi connectivity index (χ3v) is 1.03. The molecule has 0 spiro atoms. The van der Waals surface area contributed by atoms with Crippen LogP contribution in [0.1, 0.15) is 7.43 Å². The molecule has 1 aliphatic heterocycles. The van der Waals surface area contributed by atoms with E-state index in [2.05, 4.69) is 0 Å². The van der Waals surface area contributed by atoms with Crippen molar-refractivity contribution in [1.82, 2.24) is 4.90 Å². The quantitative estimate of drug-likeness (QED) is 0.435. The molecule has 9 heavy (non-hydrogen) atoms. The number of nitrogens with zero attached hydrogens (tertiary/aromatic N) is 1. The van der Waals surface area contributed by atoms with Crippen LogP contribution in [0.15, 0.2) is 12.2 Å². The highest BCUT2D eigenvalue weighted by molar-refractivity contribution is 6.12. The molecule has 0 aromatic heterocycles. The maximum Gasteiger partial charge on any atom is 0.253 e. The zero-order chi connectivity index (χ0) is 6.15. The zero-order valence-electron chi connectivity index (χ0n) is 4.42. The molecular weight excluding hydrogens is 118 g/mol. The second kappa shape index (κ2) is 2.44. The van der Waals surface area contributed by atoms with Crippen LogP contribution in [0.3, 0.4) is 0 Å². The highest BCUT2D eigenvalue weighted by Crippen LogP contribution is 1.97. The zero-order valence-corrected chi connectivity index (χ0v) is 4.42. The first-order chi connectivity index (χ1) is 3.72. The first-order valence-corrected chi connectivity index (χ1v) is 2.21. The van der Waals surface area contributed by atoms with Gasteiger partial charge in [-0.1, -0.05) is 7.43 Å². The second-order valence-corrected chi connectivity index (χ2v) is 1.57. The third kappa shape index (κ3) is 1.16. The van der Waals surface area contributed by atoms with Gasteiger partial charge in [0.2, 0.25) is 0 Å². The number of carbonyl (C=O) groups excluding carboxylic acids is 2. The third-order valence-electron chi connectivity index (χ3n) is 1.03. The number of amides is 2. The smallest absolute Gasteiger partial charge is 0.253 e. The van der Waals surface area contributed by atoms with Crippen molar-refractivity contribution in [3.8, 4) is 0 Å². The van der Waals surface area contributed by atoms with Crippen molar-refractivity contribution < 1.29 is 9.59 Å².